The van der Waals surface area contributed by atoms with Crippen molar-refractivity contribution in [2.24, 2.45) is 10.2 Å². The highest BCUT2D eigenvalue weighted by Crippen LogP contribution is 2.37. The molecule has 2 aliphatic heterocycles. The molecule has 0 radical (unpaired) electrons. The van der Waals surface area contributed by atoms with Gasteiger partial charge in [0.05, 0.1) is 0 Å². The number of halogens is 2. The number of amidine groups is 1. The van der Waals surface area contributed by atoms with Gasteiger partial charge in [0.25, 0.3) is 0 Å². The third kappa shape index (κ3) is 2.38. The lowest BCUT2D eigenvalue weighted by molar-refractivity contribution is 0.552. The second kappa shape index (κ2) is 5.78. The van der Waals surface area contributed by atoms with Crippen molar-refractivity contribution < 1.29 is 0 Å². The average Bonchev–Trinajstić information content (AvgIpc) is 2.96. The van der Waals surface area contributed by atoms with Crippen LogP contribution in [-0.4, -0.2) is 21.0 Å². The number of nitrogens with zero attached hydrogens (tertiary/aromatic N) is 4. The summed E-state index contributed by atoms with van der Waals surface area (Å²) in [6, 6.07) is 11.3. The van der Waals surface area contributed by atoms with Crippen LogP contribution in [0.5, 0.6) is 0 Å². The van der Waals surface area contributed by atoms with E-state index in [2.05, 4.69) is 27.2 Å². The van der Waals surface area contributed by atoms with Gasteiger partial charge >= 0.3 is 0 Å². The number of rotatable bonds is 2. The maximum atomic E-state index is 6.51. The molecule has 1 aromatic heterocycles. The van der Waals surface area contributed by atoms with E-state index >= 15 is 0 Å². The normalized spacial score (nSPS) is 16.6. The summed E-state index contributed by atoms with van der Waals surface area (Å²) in [4.78, 5) is 4.08. The first kappa shape index (κ1) is 14.9. The third-order valence-electron chi connectivity index (χ3n) is 3.72. The summed E-state index contributed by atoms with van der Waals surface area (Å²) in [7, 11) is 0. The molecule has 0 spiro atoms. The van der Waals surface area contributed by atoms with Gasteiger partial charge in [-0.05, 0) is 35.4 Å². The quantitative estimate of drug-likeness (QED) is 0.888. The van der Waals surface area contributed by atoms with Crippen molar-refractivity contribution in [3.63, 3.8) is 0 Å². The maximum Gasteiger partial charge on any atom is 0.184 e. The van der Waals surface area contributed by atoms with Crippen LogP contribution in [-0.2, 0) is 0 Å². The molecular weight excluding hydrogens is 345 g/mol. The SMILES string of the molecule is C=C1NN=C2C(c3ccncc3)=C(c3ccc(Cl)cc3)C(Cl)=NN12. The van der Waals surface area contributed by atoms with E-state index < -0.39 is 0 Å². The smallest absolute Gasteiger partial charge is 0.184 e. The first-order chi connectivity index (χ1) is 11.6. The van der Waals surface area contributed by atoms with E-state index in [-0.39, 0.29) is 0 Å². The van der Waals surface area contributed by atoms with Gasteiger partial charge in [0, 0.05) is 28.6 Å². The number of hydrogen-bond acceptors (Lipinski definition) is 5. The average molecular weight is 356 g/mol. The molecule has 24 heavy (non-hydrogen) atoms. The lowest BCUT2D eigenvalue weighted by Gasteiger charge is -2.25. The molecule has 0 amide bonds. The van der Waals surface area contributed by atoms with Crippen LogP contribution >= 0.6 is 23.2 Å². The van der Waals surface area contributed by atoms with Gasteiger partial charge in [-0.2, -0.15) is 15.2 Å². The number of nitrogens with one attached hydrogen (secondary N) is 1. The second-order valence-electron chi connectivity index (χ2n) is 5.19. The van der Waals surface area contributed by atoms with E-state index in [0.29, 0.717) is 21.9 Å². The van der Waals surface area contributed by atoms with Gasteiger partial charge in [0.2, 0.25) is 0 Å². The summed E-state index contributed by atoms with van der Waals surface area (Å²) >= 11 is 12.5. The fourth-order valence-electron chi connectivity index (χ4n) is 2.63. The molecule has 0 saturated carbocycles. The van der Waals surface area contributed by atoms with Crippen molar-refractivity contribution in [1.29, 1.82) is 0 Å². The lowest BCUT2D eigenvalue weighted by atomic mass is 9.93. The van der Waals surface area contributed by atoms with Gasteiger partial charge in [-0.25, -0.2) is 0 Å². The lowest BCUT2D eigenvalue weighted by Crippen LogP contribution is -2.28. The molecule has 0 bridgehead atoms. The Balaban J connectivity index is 2.00. The zero-order valence-electron chi connectivity index (χ0n) is 12.4. The van der Waals surface area contributed by atoms with Crippen molar-refractivity contribution in [2.75, 3.05) is 0 Å². The van der Waals surface area contributed by atoms with Gasteiger partial charge in [-0.15, -0.1) is 0 Å². The molecule has 0 aliphatic carbocycles. The predicted molar refractivity (Wildman–Crippen MR) is 97.3 cm³/mol. The fourth-order valence-corrected chi connectivity index (χ4v) is 3.04. The minimum absolute atomic E-state index is 0.355. The van der Waals surface area contributed by atoms with Crippen LogP contribution in [0.1, 0.15) is 11.1 Å². The van der Waals surface area contributed by atoms with Crippen molar-refractivity contribution in [1.82, 2.24) is 15.4 Å². The number of benzene rings is 1. The number of fused-ring (bicyclic) bond motifs is 1. The van der Waals surface area contributed by atoms with Crippen molar-refractivity contribution in [3.05, 3.63) is 77.3 Å². The number of pyridine rings is 1. The molecule has 118 valence electrons. The molecular formula is C17H11Cl2N5. The third-order valence-corrected chi connectivity index (χ3v) is 4.23. The van der Waals surface area contributed by atoms with Gasteiger partial charge in [0.1, 0.15) is 5.82 Å². The summed E-state index contributed by atoms with van der Waals surface area (Å²) in [5, 5.41) is 11.3. The monoisotopic (exact) mass is 355 g/mol. The van der Waals surface area contributed by atoms with Crippen LogP contribution in [0.2, 0.25) is 5.02 Å². The van der Waals surface area contributed by atoms with E-state index in [1.54, 1.807) is 17.4 Å². The molecule has 0 unspecified atom stereocenters. The largest absolute Gasteiger partial charge is 0.265 e. The van der Waals surface area contributed by atoms with E-state index in [1.165, 1.54) is 0 Å². The van der Waals surface area contributed by atoms with Crippen molar-refractivity contribution >= 4 is 45.4 Å². The van der Waals surface area contributed by atoms with Crippen molar-refractivity contribution in [3.8, 4) is 0 Å². The van der Waals surface area contributed by atoms with Crippen LogP contribution in [0.3, 0.4) is 0 Å². The van der Waals surface area contributed by atoms with Gasteiger partial charge < -0.3 is 0 Å². The number of hydrogen-bond donors (Lipinski definition) is 1. The minimum Gasteiger partial charge on any atom is -0.265 e. The molecule has 0 atom stereocenters. The Labute approximate surface area is 148 Å². The molecule has 2 aromatic rings. The first-order valence-electron chi connectivity index (χ1n) is 7.13. The zero-order valence-corrected chi connectivity index (χ0v) is 13.9. The first-order valence-corrected chi connectivity index (χ1v) is 7.89. The number of allylic oxidation sites excluding steroid dienone is 1. The van der Waals surface area contributed by atoms with E-state index in [0.717, 1.165) is 22.3 Å². The second-order valence-corrected chi connectivity index (χ2v) is 5.98. The van der Waals surface area contributed by atoms with Gasteiger partial charge in [-0.3, -0.25) is 10.4 Å². The highest BCUT2D eigenvalue weighted by molar-refractivity contribution is 6.79. The van der Waals surface area contributed by atoms with E-state index in [9.17, 15) is 0 Å². The molecule has 2 aliphatic rings. The molecule has 7 heteroatoms. The minimum atomic E-state index is 0.355. The van der Waals surface area contributed by atoms with Gasteiger partial charge in [-0.1, -0.05) is 41.9 Å². The molecule has 5 nitrogen and oxygen atoms in total. The molecule has 4 rings (SSSR count). The number of hydrazone groups is 2. The van der Waals surface area contributed by atoms with Gasteiger partial charge in [0.15, 0.2) is 11.0 Å². The molecule has 1 aromatic carbocycles. The Bertz CT molecular complexity index is 914. The topological polar surface area (TPSA) is 52.9 Å². The van der Waals surface area contributed by atoms with E-state index in [4.69, 9.17) is 23.2 Å². The van der Waals surface area contributed by atoms with Crippen molar-refractivity contribution in [2.45, 2.75) is 0 Å². The van der Waals surface area contributed by atoms with Crippen LogP contribution in [0.15, 0.2) is 71.4 Å². The number of aromatic nitrogens is 1. The van der Waals surface area contributed by atoms with Crippen LogP contribution in [0.25, 0.3) is 11.1 Å². The highest BCUT2D eigenvalue weighted by Gasteiger charge is 2.33. The standard InChI is InChI=1S/C17H11Cl2N5/c1-10-21-22-17-15(12-6-8-20-9-7-12)14(16(19)23-24(10)17)11-2-4-13(18)5-3-11/h2-9,21H,1H2. The Kier molecular flexibility index (Phi) is 3.59. The van der Waals surface area contributed by atoms with Crippen LogP contribution in [0.4, 0.5) is 0 Å². The molecule has 3 heterocycles. The molecule has 1 N–H and O–H groups in total. The summed E-state index contributed by atoms with van der Waals surface area (Å²) in [5.74, 6) is 1.19. The summed E-state index contributed by atoms with van der Waals surface area (Å²) in [5.41, 5.74) is 6.32. The Hall–Kier alpha value is -2.63. The Morgan fingerprint density at radius 3 is 2.29 bits per heavy atom. The Morgan fingerprint density at radius 2 is 1.58 bits per heavy atom. The predicted octanol–water partition coefficient (Wildman–Crippen LogP) is 3.90. The summed E-state index contributed by atoms with van der Waals surface area (Å²) in [6.07, 6.45) is 3.45. The fraction of sp³-hybridized carbons (Fsp3) is 0. The summed E-state index contributed by atoms with van der Waals surface area (Å²) < 4.78 is 0. The van der Waals surface area contributed by atoms with Crippen LogP contribution in [0, 0.1) is 0 Å². The zero-order chi connectivity index (χ0) is 16.7. The molecule has 0 fully saturated rings. The summed E-state index contributed by atoms with van der Waals surface area (Å²) in [6.45, 7) is 3.89. The van der Waals surface area contributed by atoms with Crippen LogP contribution < -0.4 is 5.43 Å². The maximum absolute atomic E-state index is 6.51. The molecule has 0 saturated heterocycles. The Morgan fingerprint density at radius 1 is 0.917 bits per heavy atom. The highest BCUT2D eigenvalue weighted by atomic mass is 35.5. The van der Waals surface area contributed by atoms with E-state index in [1.807, 2.05) is 36.4 Å².